The summed E-state index contributed by atoms with van der Waals surface area (Å²) in [7, 11) is 0. The van der Waals surface area contributed by atoms with Gasteiger partial charge in [0, 0.05) is 16.1 Å². The van der Waals surface area contributed by atoms with E-state index in [1.54, 1.807) is 0 Å². The maximum absolute atomic E-state index is 12.8. The topological polar surface area (TPSA) is 88.8 Å². The van der Waals surface area contributed by atoms with Crippen LogP contribution in [0, 0.1) is 10.4 Å². The van der Waals surface area contributed by atoms with E-state index in [4.69, 9.17) is 11.6 Å². The Hall–Kier alpha value is -2.41. The average Bonchev–Trinajstić information content (AvgIpc) is 3.00. The molecule has 0 unspecified atom stereocenters. The highest BCUT2D eigenvalue weighted by molar-refractivity contribution is 6.31. The van der Waals surface area contributed by atoms with Crippen molar-refractivity contribution in [2.24, 2.45) is 0 Å². The van der Waals surface area contributed by atoms with Crippen LogP contribution in [0.4, 0.5) is 0 Å². The van der Waals surface area contributed by atoms with Crippen LogP contribution in [0.25, 0.3) is 22.3 Å². The number of aromatic nitrogens is 4. The summed E-state index contributed by atoms with van der Waals surface area (Å²) in [5.41, 5.74) is 0.187. The summed E-state index contributed by atoms with van der Waals surface area (Å²) in [4.78, 5) is 16.9. The molecule has 0 radical (unpaired) electrons. The molecule has 3 rings (SSSR count). The van der Waals surface area contributed by atoms with Crippen molar-refractivity contribution in [3.05, 3.63) is 39.5 Å². The SMILES string of the molecule is CCCCCC(=O)n1c(CC)nc2c1[n+]([O-])c1ccc(Cl)cc1[n+]2[O-]. The van der Waals surface area contributed by atoms with Gasteiger partial charge in [0.1, 0.15) is 0 Å². The van der Waals surface area contributed by atoms with Crippen LogP contribution in [0.5, 0.6) is 0 Å². The largest absolute Gasteiger partial charge is 0.710 e. The molecule has 0 saturated carbocycles. The molecule has 0 spiro atoms. The molecule has 2 aromatic heterocycles. The van der Waals surface area contributed by atoms with Crippen LogP contribution >= 0.6 is 11.6 Å². The number of carbonyl (C=O) groups excluding carboxylic acids is 1. The number of aryl methyl sites for hydroxylation is 1. The predicted octanol–water partition coefficient (Wildman–Crippen LogP) is 2.89. The van der Waals surface area contributed by atoms with Gasteiger partial charge in [0.15, 0.2) is 11.0 Å². The molecule has 0 N–H and O–H groups in total. The van der Waals surface area contributed by atoms with Gasteiger partial charge < -0.3 is 10.4 Å². The Morgan fingerprint density at radius 3 is 2.64 bits per heavy atom. The van der Waals surface area contributed by atoms with Gasteiger partial charge in [-0.15, -0.1) is 4.57 Å². The Labute approximate surface area is 149 Å². The van der Waals surface area contributed by atoms with E-state index in [1.807, 2.05) is 6.92 Å². The molecule has 132 valence electrons. The number of hydrogen-bond donors (Lipinski definition) is 0. The predicted molar refractivity (Wildman–Crippen MR) is 94.3 cm³/mol. The van der Waals surface area contributed by atoms with Crippen molar-refractivity contribution in [3.63, 3.8) is 0 Å². The molecule has 0 aliphatic carbocycles. The van der Waals surface area contributed by atoms with Crippen LogP contribution in [-0.4, -0.2) is 15.5 Å². The fourth-order valence-electron chi connectivity index (χ4n) is 2.96. The molecule has 8 heteroatoms. The Morgan fingerprint density at radius 1 is 1.20 bits per heavy atom. The highest BCUT2D eigenvalue weighted by atomic mass is 35.5. The lowest BCUT2D eigenvalue weighted by Crippen LogP contribution is -2.41. The summed E-state index contributed by atoms with van der Waals surface area (Å²) in [6.07, 6.45) is 3.40. The van der Waals surface area contributed by atoms with E-state index in [0.29, 0.717) is 33.1 Å². The van der Waals surface area contributed by atoms with E-state index < -0.39 is 0 Å². The first-order chi connectivity index (χ1) is 12.0. The van der Waals surface area contributed by atoms with Gasteiger partial charge in [-0.2, -0.15) is 0 Å². The number of benzene rings is 1. The second-order valence-electron chi connectivity index (χ2n) is 5.94. The molecule has 0 saturated heterocycles. The first-order valence-corrected chi connectivity index (χ1v) is 8.76. The molecule has 0 atom stereocenters. The van der Waals surface area contributed by atoms with Gasteiger partial charge >= 0.3 is 23.0 Å². The van der Waals surface area contributed by atoms with Crippen molar-refractivity contribution in [2.45, 2.75) is 46.0 Å². The van der Waals surface area contributed by atoms with Crippen molar-refractivity contribution in [1.82, 2.24) is 9.55 Å². The normalized spacial score (nSPS) is 11.5. The number of halogens is 1. The maximum atomic E-state index is 12.8. The molecular formula is C17H19ClN4O3. The van der Waals surface area contributed by atoms with E-state index in [-0.39, 0.29) is 28.2 Å². The van der Waals surface area contributed by atoms with Crippen molar-refractivity contribution in [3.8, 4) is 0 Å². The number of nitrogens with zero attached hydrogens (tertiary/aromatic N) is 4. The third kappa shape index (κ3) is 2.89. The molecule has 0 fully saturated rings. The van der Waals surface area contributed by atoms with Gasteiger partial charge in [-0.05, 0) is 18.6 Å². The molecule has 7 nitrogen and oxygen atoms in total. The number of unbranched alkanes of at least 4 members (excludes halogenated alkanes) is 2. The zero-order valence-corrected chi connectivity index (χ0v) is 14.9. The minimum atomic E-state index is -0.217. The monoisotopic (exact) mass is 362 g/mol. The third-order valence-electron chi connectivity index (χ3n) is 4.22. The lowest BCUT2D eigenvalue weighted by molar-refractivity contribution is -0.593. The summed E-state index contributed by atoms with van der Waals surface area (Å²) >= 11 is 5.94. The molecule has 0 aliphatic heterocycles. The quantitative estimate of drug-likeness (QED) is 0.396. The van der Waals surface area contributed by atoms with Crippen LogP contribution in [-0.2, 0) is 6.42 Å². The lowest BCUT2D eigenvalue weighted by atomic mass is 10.2. The third-order valence-corrected chi connectivity index (χ3v) is 4.46. The molecule has 0 aliphatic rings. The number of imidazole rings is 1. The number of hydrogen-bond acceptors (Lipinski definition) is 4. The zero-order valence-electron chi connectivity index (χ0n) is 14.2. The molecule has 25 heavy (non-hydrogen) atoms. The van der Waals surface area contributed by atoms with Crippen LogP contribution in [0.2, 0.25) is 5.02 Å². The Bertz CT molecular complexity index is 968. The second-order valence-corrected chi connectivity index (χ2v) is 6.37. The van der Waals surface area contributed by atoms with E-state index in [2.05, 4.69) is 11.9 Å². The molecule has 1 aromatic carbocycles. The first kappa shape index (κ1) is 17.4. The van der Waals surface area contributed by atoms with E-state index in [1.165, 1.54) is 22.8 Å². The minimum absolute atomic E-state index is 0.0248. The zero-order chi connectivity index (χ0) is 18.1. The fourth-order valence-corrected chi connectivity index (χ4v) is 3.13. The first-order valence-electron chi connectivity index (χ1n) is 8.38. The van der Waals surface area contributed by atoms with Gasteiger partial charge in [0.2, 0.25) is 0 Å². The Kier molecular flexibility index (Phi) is 4.76. The summed E-state index contributed by atoms with van der Waals surface area (Å²) in [5, 5.41) is 25.9. The van der Waals surface area contributed by atoms with Crippen LogP contribution in [0.3, 0.4) is 0 Å². The van der Waals surface area contributed by atoms with Gasteiger partial charge in [0.25, 0.3) is 0 Å². The molecule has 2 heterocycles. The Balaban J connectivity index is 2.28. The van der Waals surface area contributed by atoms with E-state index in [0.717, 1.165) is 19.3 Å². The van der Waals surface area contributed by atoms with Crippen molar-refractivity contribution < 1.29 is 14.3 Å². The summed E-state index contributed by atoms with van der Waals surface area (Å²) in [6.45, 7) is 3.88. The van der Waals surface area contributed by atoms with Crippen molar-refractivity contribution >= 4 is 39.8 Å². The molecule has 0 bridgehead atoms. The van der Waals surface area contributed by atoms with Crippen LogP contribution < -0.4 is 9.46 Å². The van der Waals surface area contributed by atoms with E-state index >= 15 is 0 Å². The maximum Gasteiger partial charge on any atom is 0.422 e. The van der Waals surface area contributed by atoms with Gasteiger partial charge in [-0.1, -0.05) is 38.3 Å². The van der Waals surface area contributed by atoms with Crippen molar-refractivity contribution in [2.75, 3.05) is 0 Å². The smallest absolute Gasteiger partial charge is 0.422 e. The average molecular weight is 363 g/mol. The number of rotatable bonds is 5. The van der Waals surface area contributed by atoms with Gasteiger partial charge in [-0.3, -0.25) is 0 Å². The summed E-state index contributed by atoms with van der Waals surface area (Å²) in [5.74, 6) is 0.192. The lowest BCUT2D eigenvalue weighted by Gasteiger charge is -2.11. The van der Waals surface area contributed by atoms with Gasteiger partial charge in [-0.25, -0.2) is 14.3 Å². The highest BCUT2D eigenvalue weighted by Gasteiger charge is 2.34. The van der Waals surface area contributed by atoms with Crippen LogP contribution in [0.1, 0.15) is 50.1 Å². The number of fused-ring (bicyclic) bond motifs is 2. The van der Waals surface area contributed by atoms with E-state index in [9.17, 15) is 15.2 Å². The second kappa shape index (κ2) is 6.84. The highest BCUT2D eigenvalue weighted by Crippen LogP contribution is 2.19. The standard InChI is InChI=1S/C17H19ClN4O3/c1-3-5-6-7-15(23)20-14(4-2)19-16-17(20)22(25)12-9-8-11(18)10-13(12)21(16)24/h8-10H,3-7H2,1-2H3. The Morgan fingerprint density at radius 2 is 1.96 bits per heavy atom. The van der Waals surface area contributed by atoms with Crippen molar-refractivity contribution in [1.29, 1.82) is 0 Å². The summed E-state index contributed by atoms with van der Waals surface area (Å²) in [6, 6.07) is 4.43. The number of carbonyl (C=O) groups is 1. The minimum Gasteiger partial charge on any atom is -0.710 e. The fraction of sp³-hybridized carbons (Fsp3) is 0.412. The van der Waals surface area contributed by atoms with Gasteiger partial charge in [0.05, 0.1) is 12.8 Å². The van der Waals surface area contributed by atoms with Crippen LogP contribution in [0.15, 0.2) is 18.2 Å². The molecule has 3 aromatic rings. The molecular weight excluding hydrogens is 344 g/mol. The molecule has 0 amide bonds. The summed E-state index contributed by atoms with van der Waals surface area (Å²) < 4.78 is 2.46.